The van der Waals surface area contributed by atoms with E-state index in [1.165, 1.54) is 0 Å². The summed E-state index contributed by atoms with van der Waals surface area (Å²) >= 11 is 0. The van der Waals surface area contributed by atoms with Crippen molar-refractivity contribution in [2.75, 3.05) is 26.2 Å². The first-order chi connectivity index (χ1) is 9.08. The van der Waals surface area contributed by atoms with Crippen LogP contribution in [-0.2, 0) is 19.1 Å². The van der Waals surface area contributed by atoms with Gasteiger partial charge < -0.3 is 15.0 Å². The molecule has 1 saturated heterocycles. The SMILES string of the molecule is C=CC(=O)NCCC(=O)N1CCC(C(=O)OCC)C1. The second-order valence-electron chi connectivity index (χ2n) is 4.32. The number of ether oxygens (including phenoxy) is 1. The van der Waals surface area contributed by atoms with Crippen molar-refractivity contribution in [3.63, 3.8) is 0 Å². The van der Waals surface area contributed by atoms with Gasteiger partial charge in [-0.05, 0) is 19.4 Å². The largest absolute Gasteiger partial charge is 0.466 e. The quantitative estimate of drug-likeness (QED) is 0.547. The third-order valence-electron chi connectivity index (χ3n) is 2.98. The van der Waals surface area contributed by atoms with Crippen LogP contribution >= 0.6 is 0 Å². The van der Waals surface area contributed by atoms with Crippen LogP contribution in [0.25, 0.3) is 0 Å². The Morgan fingerprint density at radius 3 is 2.84 bits per heavy atom. The van der Waals surface area contributed by atoms with Crippen LogP contribution in [0.3, 0.4) is 0 Å². The van der Waals surface area contributed by atoms with Crippen LogP contribution in [0.4, 0.5) is 0 Å². The molecule has 0 spiro atoms. The number of rotatable bonds is 6. The predicted octanol–water partition coefficient (Wildman–Crippen LogP) is 0.0903. The zero-order valence-corrected chi connectivity index (χ0v) is 11.2. The minimum absolute atomic E-state index is 0.0591. The normalized spacial score (nSPS) is 17.9. The Balaban J connectivity index is 2.29. The highest BCUT2D eigenvalue weighted by Gasteiger charge is 2.31. The minimum atomic E-state index is -0.293. The summed E-state index contributed by atoms with van der Waals surface area (Å²) in [5.41, 5.74) is 0. The fourth-order valence-electron chi connectivity index (χ4n) is 1.96. The van der Waals surface area contributed by atoms with E-state index in [0.717, 1.165) is 6.08 Å². The predicted molar refractivity (Wildman–Crippen MR) is 69.1 cm³/mol. The molecule has 0 radical (unpaired) electrons. The Hall–Kier alpha value is -1.85. The molecule has 1 aliphatic heterocycles. The fraction of sp³-hybridized carbons (Fsp3) is 0.615. The summed E-state index contributed by atoms with van der Waals surface area (Å²) < 4.78 is 4.94. The van der Waals surface area contributed by atoms with Crippen LogP contribution < -0.4 is 5.32 Å². The number of hydrogen-bond acceptors (Lipinski definition) is 4. The number of esters is 1. The van der Waals surface area contributed by atoms with E-state index in [4.69, 9.17) is 4.74 Å². The second-order valence-corrected chi connectivity index (χ2v) is 4.32. The highest BCUT2D eigenvalue weighted by Crippen LogP contribution is 2.18. The number of amides is 2. The van der Waals surface area contributed by atoms with Gasteiger partial charge in [0.1, 0.15) is 0 Å². The van der Waals surface area contributed by atoms with E-state index in [2.05, 4.69) is 11.9 Å². The topological polar surface area (TPSA) is 75.7 Å². The van der Waals surface area contributed by atoms with Crippen LogP contribution in [0.1, 0.15) is 19.8 Å². The molecule has 1 aliphatic rings. The van der Waals surface area contributed by atoms with Gasteiger partial charge in [-0.15, -0.1) is 0 Å². The molecule has 1 atom stereocenters. The highest BCUT2D eigenvalue weighted by atomic mass is 16.5. The monoisotopic (exact) mass is 268 g/mol. The summed E-state index contributed by atoms with van der Waals surface area (Å²) in [5, 5.41) is 2.54. The Bertz CT molecular complexity index is 368. The maximum atomic E-state index is 11.8. The average Bonchev–Trinajstić information content (AvgIpc) is 2.88. The van der Waals surface area contributed by atoms with Crippen LogP contribution in [0.15, 0.2) is 12.7 Å². The van der Waals surface area contributed by atoms with Gasteiger partial charge in [-0.25, -0.2) is 0 Å². The molecule has 0 aromatic carbocycles. The van der Waals surface area contributed by atoms with Gasteiger partial charge in [0.05, 0.1) is 12.5 Å². The fourth-order valence-corrected chi connectivity index (χ4v) is 1.96. The molecule has 0 aromatic rings. The summed E-state index contributed by atoms with van der Waals surface area (Å²) in [4.78, 5) is 35.9. The summed E-state index contributed by atoms with van der Waals surface area (Å²) in [6.07, 6.45) is 2.04. The third kappa shape index (κ3) is 4.73. The molecule has 19 heavy (non-hydrogen) atoms. The Labute approximate surface area is 112 Å². The Morgan fingerprint density at radius 1 is 1.47 bits per heavy atom. The number of hydrogen-bond donors (Lipinski definition) is 1. The van der Waals surface area contributed by atoms with Crippen LogP contribution in [0.2, 0.25) is 0 Å². The molecule has 6 nitrogen and oxygen atoms in total. The van der Waals surface area contributed by atoms with Crippen molar-refractivity contribution in [3.05, 3.63) is 12.7 Å². The van der Waals surface area contributed by atoms with Gasteiger partial charge in [0.25, 0.3) is 0 Å². The molecule has 6 heteroatoms. The van der Waals surface area contributed by atoms with Gasteiger partial charge in [0, 0.05) is 26.1 Å². The maximum Gasteiger partial charge on any atom is 0.310 e. The average molecular weight is 268 g/mol. The number of carbonyl (C=O) groups is 3. The summed E-state index contributed by atoms with van der Waals surface area (Å²) in [6.45, 7) is 6.70. The van der Waals surface area contributed by atoms with Crippen molar-refractivity contribution in [1.29, 1.82) is 0 Å². The second kappa shape index (κ2) is 7.56. The standard InChI is InChI=1S/C13H20N2O4/c1-3-11(16)14-7-5-12(17)15-8-6-10(9-15)13(18)19-4-2/h3,10H,1,4-9H2,2H3,(H,14,16). The van der Waals surface area contributed by atoms with E-state index < -0.39 is 0 Å². The van der Waals surface area contributed by atoms with Crippen molar-refractivity contribution >= 4 is 17.8 Å². The molecule has 1 unspecified atom stereocenters. The first kappa shape index (κ1) is 15.2. The summed E-state index contributed by atoms with van der Waals surface area (Å²) in [5.74, 6) is -0.806. The van der Waals surface area contributed by atoms with Crippen molar-refractivity contribution in [2.24, 2.45) is 5.92 Å². The molecule has 1 rings (SSSR count). The maximum absolute atomic E-state index is 11.8. The lowest BCUT2D eigenvalue weighted by molar-refractivity contribution is -0.147. The van der Waals surface area contributed by atoms with Crippen molar-refractivity contribution < 1.29 is 19.1 Å². The first-order valence-electron chi connectivity index (χ1n) is 6.43. The molecule has 0 saturated carbocycles. The molecule has 1 heterocycles. The van der Waals surface area contributed by atoms with Crippen LogP contribution in [0.5, 0.6) is 0 Å². The molecule has 0 aromatic heterocycles. The van der Waals surface area contributed by atoms with Gasteiger partial charge in [0.15, 0.2) is 0 Å². The highest BCUT2D eigenvalue weighted by molar-refractivity contribution is 5.87. The zero-order valence-electron chi connectivity index (χ0n) is 11.2. The van der Waals surface area contributed by atoms with Crippen LogP contribution in [0, 0.1) is 5.92 Å². The van der Waals surface area contributed by atoms with E-state index >= 15 is 0 Å². The molecule has 2 amide bonds. The van der Waals surface area contributed by atoms with E-state index in [-0.39, 0.29) is 36.7 Å². The van der Waals surface area contributed by atoms with Crippen molar-refractivity contribution in [2.45, 2.75) is 19.8 Å². The van der Waals surface area contributed by atoms with Gasteiger partial charge in [-0.2, -0.15) is 0 Å². The van der Waals surface area contributed by atoms with Crippen molar-refractivity contribution in [3.8, 4) is 0 Å². The smallest absolute Gasteiger partial charge is 0.310 e. The first-order valence-corrected chi connectivity index (χ1v) is 6.43. The third-order valence-corrected chi connectivity index (χ3v) is 2.98. The number of nitrogens with zero attached hydrogens (tertiary/aromatic N) is 1. The van der Waals surface area contributed by atoms with E-state index in [0.29, 0.717) is 26.1 Å². The molecule has 1 N–H and O–H groups in total. The van der Waals surface area contributed by atoms with Gasteiger partial charge in [-0.1, -0.05) is 6.58 Å². The number of nitrogens with one attached hydrogen (secondary N) is 1. The lowest BCUT2D eigenvalue weighted by atomic mass is 10.1. The zero-order chi connectivity index (χ0) is 14.3. The van der Waals surface area contributed by atoms with Crippen molar-refractivity contribution in [1.82, 2.24) is 10.2 Å². The number of carbonyl (C=O) groups excluding carboxylic acids is 3. The van der Waals surface area contributed by atoms with E-state index in [1.807, 2.05) is 0 Å². The Kier molecular flexibility index (Phi) is 6.05. The number of likely N-dealkylation sites (tertiary alicyclic amines) is 1. The summed E-state index contributed by atoms with van der Waals surface area (Å²) in [7, 11) is 0. The molecular formula is C13H20N2O4. The minimum Gasteiger partial charge on any atom is -0.466 e. The van der Waals surface area contributed by atoms with Gasteiger partial charge in [0.2, 0.25) is 11.8 Å². The molecule has 1 fully saturated rings. The summed E-state index contributed by atoms with van der Waals surface area (Å²) in [6, 6.07) is 0. The van der Waals surface area contributed by atoms with Gasteiger partial charge in [-0.3, -0.25) is 14.4 Å². The van der Waals surface area contributed by atoms with Gasteiger partial charge >= 0.3 is 5.97 Å². The van der Waals surface area contributed by atoms with E-state index in [9.17, 15) is 14.4 Å². The molecule has 0 bridgehead atoms. The lowest BCUT2D eigenvalue weighted by Gasteiger charge is -2.16. The van der Waals surface area contributed by atoms with Crippen LogP contribution in [-0.4, -0.2) is 48.9 Å². The van der Waals surface area contributed by atoms with E-state index in [1.54, 1.807) is 11.8 Å². The molecule has 106 valence electrons. The molecule has 0 aliphatic carbocycles. The lowest BCUT2D eigenvalue weighted by Crippen LogP contribution is -2.33. The molecular weight excluding hydrogens is 248 g/mol. The Morgan fingerprint density at radius 2 is 2.21 bits per heavy atom.